The molecule has 0 amide bonds. The Kier molecular flexibility index (Phi) is 3.87. The molecule has 0 radical (unpaired) electrons. The molecule has 0 atom stereocenters. The SMILES string of the molecule is Cc1cc(C)c(-c2nc(C(C)(C)C)ccc2C#N)c(C)c1. The molecule has 0 aliphatic carbocycles. The molecule has 2 rings (SSSR count). The average molecular weight is 278 g/mol. The van der Waals surface area contributed by atoms with Gasteiger partial charge in [-0.1, -0.05) is 38.5 Å². The zero-order chi connectivity index (χ0) is 15.8. The van der Waals surface area contributed by atoms with Crippen LogP contribution in [0, 0.1) is 32.1 Å². The first-order valence-corrected chi connectivity index (χ1v) is 7.24. The Morgan fingerprint density at radius 1 is 1.00 bits per heavy atom. The monoisotopic (exact) mass is 278 g/mol. The minimum Gasteiger partial charge on any atom is -0.251 e. The number of benzene rings is 1. The van der Waals surface area contributed by atoms with E-state index < -0.39 is 0 Å². The molecule has 0 spiro atoms. The van der Waals surface area contributed by atoms with E-state index in [1.54, 1.807) is 0 Å². The molecule has 108 valence electrons. The van der Waals surface area contributed by atoms with Crippen LogP contribution in [0.1, 0.15) is 48.7 Å². The van der Waals surface area contributed by atoms with E-state index in [0.717, 1.165) is 17.0 Å². The first kappa shape index (κ1) is 15.3. The maximum atomic E-state index is 9.42. The van der Waals surface area contributed by atoms with Crippen LogP contribution < -0.4 is 0 Å². The van der Waals surface area contributed by atoms with Crippen molar-refractivity contribution in [2.24, 2.45) is 0 Å². The Hall–Kier alpha value is -2.14. The molecule has 0 fully saturated rings. The van der Waals surface area contributed by atoms with Gasteiger partial charge in [0.1, 0.15) is 6.07 Å². The van der Waals surface area contributed by atoms with Gasteiger partial charge in [0.05, 0.1) is 11.3 Å². The van der Waals surface area contributed by atoms with Crippen molar-refractivity contribution in [2.45, 2.75) is 47.0 Å². The molecule has 2 nitrogen and oxygen atoms in total. The van der Waals surface area contributed by atoms with E-state index >= 15 is 0 Å². The summed E-state index contributed by atoms with van der Waals surface area (Å²) in [5, 5.41) is 9.42. The normalized spacial score (nSPS) is 11.3. The predicted molar refractivity (Wildman–Crippen MR) is 87.3 cm³/mol. The third-order valence-corrected chi connectivity index (χ3v) is 3.70. The molecule has 0 aliphatic heterocycles. The van der Waals surface area contributed by atoms with Gasteiger partial charge in [-0.05, 0) is 44.0 Å². The Morgan fingerprint density at radius 3 is 2.05 bits per heavy atom. The largest absolute Gasteiger partial charge is 0.251 e. The van der Waals surface area contributed by atoms with E-state index in [9.17, 15) is 5.26 Å². The summed E-state index contributed by atoms with van der Waals surface area (Å²) in [5.74, 6) is 0. The number of hydrogen-bond donors (Lipinski definition) is 0. The van der Waals surface area contributed by atoms with Crippen molar-refractivity contribution in [2.75, 3.05) is 0 Å². The van der Waals surface area contributed by atoms with Gasteiger partial charge in [-0.3, -0.25) is 4.98 Å². The molecule has 1 aromatic heterocycles. The van der Waals surface area contributed by atoms with Gasteiger partial charge in [-0.2, -0.15) is 5.26 Å². The second-order valence-electron chi connectivity index (χ2n) is 6.73. The number of nitriles is 1. The molecular weight excluding hydrogens is 256 g/mol. The number of rotatable bonds is 1. The summed E-state index contributed by atoms with van der Waals surface area (Å²) < 4.78 is 0. The molecule has 21 heavy (non-hydrogen) atoms. The van der Waals surface area contributed by atoms with Crippen LogP contribution in [-0.2, 0) is 5.41 Å². The van der Waals surface area contributed by atoms with E-state index in [0.29, 0.717) is 5.56 Å². The molecular formula is C19H22N2. The van der Waals surface area contributed by atoms with Gasteiger partial charge in [0.2, 0.25) is 0 Å². The van der Waals surface area contributed by atoms with Crippen molar-refractivity contribution >= 4 is 0 Å². The maximum Gasteiger partial charge on any atom is 0.101 e. The van der Waals surface area contributed by atoms with Gasteiger partial charge in [0.15, 0.2) is 0 Å². The van der Waals surface area contributed by atoms with Crippen LogP contribution in [0.25, 0.3) is 11.3 Å². The van der Waals surface area contributed by atoms with E-state index in [1.165, 1.54) is 16.7 Å². The zero-order valence-electron chi connectivity index (χ0n) is 13.7. The molecule has 1 heterocycles. The minimum atomic E-state index is -0.0325. The summed E-state index contributed by atoms with van der Waals surface area (Å²) in [4.78, 5) is 4.81. The number of hydrogen-bond acceptors (Lipinski definition) is 2. The fourth-order valence-corrected chi connectivity index (χ4v) is 2.71. The third-order valence-electron chi connectivity index (χ3n) is 3.70. The Bertz CT molecular complexity index is 705. The summed E-state index contributed by atoms with van der Waals surface area (Å²) in [6.45, 7) is 12.7. The lowest BCUT2D eigenvalue weighted by Crippen LogP contribution is -2.14. The van der Waals surface area contributed by atoms with Crippen LogP contribution in [0.15, 0.2) is 24.3 Å². The zero-order valence-corrected chi connectivity index (χ0v) is 13.7. The van der Waals surface area contributed by atoms with Gasteiger partial charge >= 0.3 is 0 Å². The highest BCUT2D eigenvalue weighted by Gasteiger charge is 2.19. The molecule has 0 bridgehead atoms. The Labute approximate surface area is 127 Å². The molecule has 2 heteroatoms. The highest BCUT2D eigenvalue weighted by Crippen LogP contribution is 2.31. The van der Waals surface area contributed by atoms with Crippen molar-refractivity contribution in [1.29, 1.82) is 5.26 Å². The second-order valence-corrected chi connectivity index (χ2v) is 6.73. The van der Waals surface area contributed by atoms with Crippen molar-refractivity contribution in [1.82, 2.24) is 4.98 Å². The summed E-state index contributed by atoms with van der Waals surface area (Å²) in [5.41, 5.74) is 7.08. The smallest absolute Gasteiger partial charge is 0.101 e. The molecule has 0 N–H and O–H groups in total. The van der Waals surface area contributed by atoms with Gasteiger partial charge < -0.3 is 0 Å². The Balaban J connectivity index is 2.77. The molecule has 0 unspecified atom stereocenters. The van der Waals surface area contributed by atoms with E-state index in [-0.39, 0.29) is 5.41 Å². The first-order chi connectivity index (χ1) is 9.74. The van der Waals surface area contributed by atoms with Gasteiger partial charge in [-0.25, -0.2) is 0 Å². The van der Waals surface area contributed by atoms with Crippen LogP contribution in [0.3, 0.4) is 0 Å². The number of aryl methyl sites for hydroxylation is 3. The summed E-state index contributed by atoms with van der Waals surface area (Å²) >= 11 is 0. The molecule has 2 aromatic rings. The van der Waals surface area contributed by atoms with Crippen molar-refractivity contribution in [3.63, 3.8) is 0 Å². The quantitative estimate of drug-likeness (QED) is 0.748. The lowest BCUT2D eigenvalue weighted by molar-refractivity contribution is 0.569. The summed E-state index contributed by atoms with van der Waals surface area (Å²) in [6, 6.07) is 10.4. The van der Waals surface area contributed by atoms with Gasteiger partial charge in [-0.15, -0.1) is 0 Å². The second kappa shape index (κ2) is 5.33. The van der Waals surface area contributed by atoms with Crippen molar-refractivity contribution in [3.8, 4) is 17.3 Å². The van der Waals surface area contributed by atoms with Crippen molar-refractivity contribution < 1.29 is 0 Å². The Morgan fingerprint density at radius 2 is 1.57 bits per heavy atom. The topological polar surface area (TPSA) is 36.7 Å². The number of pyridine rings is 1. The highest BCUT2D eigenvalue weighted by molar-refractivity contribution is 5.73. The van der Waals surface area contributed by atoms with Crippen LogP contribution in [0.2, 0.25) is 0 Å². The van der Waals surface area contributed by atoms with Crippen LogP contribution >= 0.6 is 0 Å². The lowest BCUT2D eigenvalue weighted by Gasteiger charge is -2.20. The molecule has 1 aromatic carbocycles. The fourth-order valence-electron chi connectivity index (χ4n) is 2.71. The number of aromatic nitrogens is 1. The van der Waals surface area contributed by atoms with Crippen LogP contribution in [-0.4, -0.2) is 4.98 Å². The van der Waals surface area contributed by atoms with Gasteiger partial charge in [0, 0.05) is 16.7 Å². The first-order valence-electron chi connectivity index (χ1n) is 7.24. The van der Waals surface area contributed by atoms with Crippen molar-refractivity contribution in [3.05, 3.63) is 52.2 Å². The maximum absolute atomic E-state index is 9.42. The van der Waals surface area contributed by atoms with E-state index in [4.69, 9.17) is 4.98 Å². The van der Waals surface area contributed by atoms with Crippen LogP contribution in [0.4, 0.5) is 0 Å². The average Bonchev–Trinajstić information content (AvgIpc) is 2.36. The van der Waals surface area contributed by atoms with E-state index in [1.807, 2.05) is 12.1 Å². The predicted octanol–water partition coefficient (Wildman–Crippen LogP) is 4.84. The fraction of sp³-hybridized carbons (Fsp3) is 0.368. The molecule has 0 saturated heterocycles. The summed E-state index contributed by atoms with van der Waals surface area (Å²) in [7, 11) is 0. The standard InChI is InChI=1S/C19H22N2/c1-12-9-13(2)17(14(3)10-12)18-15(11-20)7-8-16(21-18)19(4,5)6/h7-10H,1-6H3. The molecule has 0 aliphatic rings. The highest BCUT2D eigenvalue weighted by atomic mass is 14.7. The summed E-state index contributed by atoms with van der Waals surface area (Å²) in [6.07, 6.45) is 0. The molecule has 0 saturated carbocycles. The van der Waals surface area contributed by atoms with E-state index in [2.05, 4.69) is 59.7 Å². The lowest BCUT2D eigenvalue weighted by atomic mass is 9.89. The van der Waals surface area contributed by atoms with Crippen LogP contribution in [0.5, 0.6) is 0 Å². The number of nitrogens with zero attached hydrogens (tertiary/aromatic N) is 2. The third kappa shape index (κ3) is 2.97. The minimum absolute atomic E-state index is 0.0325. The van der Waals surface area contributed by atoms with Gasteiger partial charge in [0.25, 0.3) is 0 Å².